The van der Waals surface area contributed by atoms with E-state index in [2.05, 4.69) is 0 Å². The van der Waals surface area contributed by atoms with Gasteiger partial charge in [0, 0.05) is 37.6 Å². The van der Waals surface area contributed by atoms with Crippen LogP contribution in [0.5, 0.6) is 0 Å². The van der Waals surface area contributed by atoms with Crippen LogP contribution in [0.3, 0.4) is 0 Å². The summed E-state index contributed by atoms with van der Waals surface area (Å²) in [5.74, 6) is -0.0740. The predicted molar refractivity (Wildman–Crippen MR) is 102 cm³/mol. The molecule has 1 saturated heterocycles. The van der Waals surface area contributed by atoms with E-state index in [-0.39, 0.29) is 41.6 Å². The lowest BCUT2D eigenvalue weighted by atomic mass is 9.93. The summed E-state index contributed by atoms with van der Waals surface area (Å²) < 4.78 is 0. The van der Waals surface area contributed by atoms with Gasteiger partial charge < -0.3 is 15.5 Å². The molecule has 0 spiro atoms. The molecule has 2 N–H and O–H groups in total. The molecule has 1 aliphatic rings. The summed E-state index contributed by atoms with van der Waals surface area (Å²) in [5, 5.41) is 0. The van der Waals surface area contributed by atoms with Crippen molar-refractivity contribution in [1.82, 2.24) is 9.80 Å². The first-order valence-corrected chi connectivity index (χ1v) is 8.60. The van der Waals surface area contributed by atoms with Crippen LogP contribution in [-0.2, 0) is 9.59 Å². The van der Waals surface area contributed by atoms with E-state index in [4.69, 9.17) is 5.73 Å². The van der Waals surface area contributed by atoms with E-state index in [0.29, 0.717) is 26.2 Å². The molecular formula is C19H30ClN3O2. The average molecular weight is 368 g/mol. The molecule has 1 heterocycles. The molecule has 0 aromatic heterocycles. The van der Waals surface area contributed by atoms with Gasteiger partial charge in [-0.15, -0.1) is 12.4 Å². The molecule has 25 heavy (non-hydrogen) atoms. The molecule has 1 aromatic rings. The van der Waals surface area contributed by atoms with Crippen LogP contribution in [0.15, 0.2) is 30.3 Å². The number of carbonyl (C=O) groups excluding carboxylic acids is 2. The van der Waals surface area contributed by atoms with Crippen LogP contribution in [-0.4, -0.2) is 47.8 Å². The Morgan fingerprint density at radius 2 is 1.48 bits per heavy atom. The molecule has 0 bridgehead atoms. The van der Waals surface area contributed by atoms with E-state index in [1.54, 1.807) is 0 Å². The van der Waals surface area contributed by atoms with Crippen LogP contribution in [0.4, 0.5) is 0 Å². The van der Waals surface area contributed by atoms with Gasteiger partial charge in [0.1, 0.15) is 0 Å². The lowest BCUT2D eigenvalue weighted by molar-refractivity contribution is -0.146. The second-order valence-electron chi connectivity index (χ2n) is 7.59. The molecule has 2 unspecified atom stereocenters. The van der Waals surface area contributed by atoms with E-state index in [1.807, 2.05) is 67.8 Å². The molecule has 2 amide bonds. The van der Waals surface area contributed by atoms with Crippen LogP contribution >= 0.6 is 12.4 Å². The van der Waals surface area contributed by atoms with Crippen LogP contribution in [0.25, 0.3) is 0 Å². The van der Waals surface area contributed by atoms with Crippen molar-refractivity contribution in [1.29, 1.82) is 0 Å². The summed E-state index contributed by atoms with van der Waals surface area (Å²) >= 11 is 0. The van der Waals surface area contributed by atoms with E-state index < -0.39 is 0 Å². The summed E-state index contributed by atoms with van der Waals surface area (Å²) in [7, 11) is 0. The van der Waals surface area contributed by atoms with E-state index in [0.717, 1.165) is 5.56 Å². The molecule has 1 aliphatic heterocycles. The average Bonchev–Trinajstić information content (AvgIpc) is 2.59. The van der Waals surface area contributed by atoms with Crippen LogP contribution in [0.2, 0.25) is 0 Å². The maximum absolute atomic E-state index is 12.7. The molecule has 140 valence electrons. The fourth-order valence-electron chi connectivity index (χ4n) is 3.01. The molecule has 2 rings (SSSR count). The van der Waals surface area contributed by atoms with Gasteiger partial charge in [0.25, 0.3) is 0 Å². The molecule has 0 saturated carbocycles. The van der Waals surface area contributed by atoms with Gasteiger partial charge in [0.15, 0.2) is 0 Å². The molecule has 6 heteroatoms. The van der Waals surface area contributed by atoms with Crippen molar-refractivity contribution in [3.05, 3.63) is 35.9 Å². The van der Waals surface area contributed by atoms with Gasteiger partial charge in [-0.2, -0.15) is 0 Å². The molecule has 1 fully saturated rings. The fourth-order valence-corrected chi connectivity index (χ4v) is 3.01. The number of benzene rings is 1. The highest BCUT2D eigenvalue weighted by Gasteiger charge is 2.33. The van der Waals surface area contributed by atoms with Gasteiger partial charge >= 0.3 is 0 Å². The van der Waals surface area contributed by atoms with Crippen molar-refractivity contribution in [3.63, 3.8) is 0 Å². The maximum Gasteiger partial charge on any atom is 0.228 e. The monoisotopic (exact) mass is 367 g/mol. The molecule has 5 nitrogen and oxygen atoms in total. The standard InChI is InChI=1S/C19H29N3O2.ClH/c1-14(16(20)15-8-6-5-7-9-15)17(23)21-10-12-22(13-11-21)18(24)19(2,3)4;/h5-9,14,16H,10-13,20H2,1-4H3;1H. The number of carbonyl (C=O) groups is 2. The Morgan fingerprint density at radius 3 is 1.96 bits per heavy atom. The zero-order valence-corrected chi connectivity index (χ0v) is 16.4. The first kappa shape index (κ1) is 21.5. The second-order valence-corrected chi connectivity index (χ2v) is 7.59. The highest BCUT2D eigenvalue weighted by atomic mass is 35.5. The van der Waals surface area contributed by atoms with Gasteiger partial charge in [0.05, 0.1) is 5.92 Å². The lowest BCUT2D eigenvalue weighted by Crippen LogP contribution is -2.54. The summed E-state index contributed by atoms with van der Waals surface area (Å²) in [6.45, 7) is 9.99. The topological polar surface area (TPSA) is 66.6 Å². The van der Waals surface area contributed by atoms with Gasteiger partial charge in [-0.1, -0.05) is 58.0 Å². The normalized spacial score (nSPS) is 17.5. The molecule has 0 radical (unpaired) electrons. The Morgan fingerprint density at radius 1 is 1.00 bits per heavy atom. The number of hydrogen-bond donors (Lipinski definition) is 1. The highest BCUT2D eigenvalue weighted by molar-refractivity contribution is 5.85. The number of hydrogen-bond acceptors (Lipinski definition) is 3. The first-order chi connectivity index (χ1) is 11.2. The van der Waals surface area contributed by atoms with Crippen molar-refractivity contribution < 1.29 is 9.59 Å². The third-order valence-corrected chi connectivity index (χ3v) is 4.63. The number of nitrogens with two attached hydrogens (primary N) is 1. The Kier molecular flexibility index (Phi) is 7.44. The first-order valence-electron chi connectivity index (χ1n) is 8.60. The molecule has 0 aliphatic carbocycles. The summed E-state index contributed by atoms with van der Waals surface area (Å²) in [4.78, 5) is 28.7. The van der Waals surface area contributed by atoms with Crippen LogP contribution in [0.1, 0.15) is 39.3 Å². The number of piperazine rings is 1. The van der Waals surface area contributed by atoms with Crippen LogP contribution in [0, 0.1) is 11.3 Å². The number of rotatable bonds is 3. The van der Waals surface area contributed by atoms with Crippen LogP contribution < -0.4 is 5.73 Å². The SMILES string of the molecule is CC(C(=O)N1CCN(C(=O)C(C)(C)C)CC1)C(N)c1ccccc1.Cl. The lowest BCUT2D eigenvalue weighted by Gasteiger charge is -2.39. The number of nitrogens with zero attached hydrogens (tertiary/aromatic N) is 2. The second kappa shape index (κ2) is 8.68. The molecule has 2 atom stereocenters. The van der Waals surface area contributed by atoms with Crippen molar-refractivity contribution >= 4 is 24.2 Å². The third kappa shape index (κ3) is 5.19. The third-order valence-electron chi connectivity index (χ3n) is 4.63. The van der Waals surface area contributed by atoms with Gasteiger partial charge in [-0.05, 0) is 5.56 Å². The largest absolute Gasteiger partial charge is 0.339 e. The quantitative estimate of drug-likeness (QED) is 0.892. The van der Waals surface area contributed by atoms with Crippen molar-refractivity contribution in [2.24, 2.45) is 17.1 Å². The van der Waals surface area contributed by atoms with E-state index in [1.165, 1.54) is 0 Å². The smallest absolute Gasteiger partial charge is 0.228 e. The van der Waals surface area contributed by atoms with Gasteiger partial charge in [-0.25, -0.2) is 0 Å². The summed E-state index contributed by atoms with van der Waals surface area (Å²) in [5.41, 5.74) is 6.86. The molecular weight excluding hydrogens is 338 g/mol. The predicted octanol–water partition coefficient (Wildman–Crippen LogP) is 2.46. The minimum Gasteiger partial charge on any atom is -0.339 e. The zero-order valence-electron chi connectivity index (χ0n) is 15.6. The van der Waals surface area contributed by atoms with Crippen molar-refractivity contribution in [2.75, 3.05) is 26.2 Å². The summed E-state index contributed by atoms with van der Waals surface area (Å²) in [6, 6.07) is 9.40. The summed E-state index contributed by atoms with van der Waals surface area (Å²) in [6.07, 6.45) is 0. The van der Waals surface area contributed by atoms with Crippen molar-refractivity contribution in [3.8, 4) is 0 Å². The minimum absolute atomic E-state index is 0. The zero-order chi connectivity index (χ0) is 17.9. The van der Waals surface area contributed by atoms with E-state index in [9.17, 15) is 9.59 Å². The Labute approximate surface area is 157 Å². The maximum atomic E-state index is 12.7. The van der Waals surface area contributed by atoms with Gasteiger partial charge in [0.2, 0.25) is 11.8 Å². The molecule has 1 aromatic carbocycles. The minimum atomic E-state index is -0.380. The number of amides is 2. The Bertz CT molecular complexity index is 578. The Hall–Kier alpha value is -1.59. The van der Waals surface area contributed by atoms with E-state index >= 15 is 0 Å². The van der Waals surface area contributed by atoms with Crippen molar-refractivity contribution in [2.45, 2.75) is 33.7 Å². The number of halogens is 1. The van der Waals surface area contributed by atoms with Gasteiger partial charge in [-0.3, -0.25) is 9.59 Å². The highest BCUT2D eigenvalue weighted by Crippen LogP contribution is 2.23. The Balaban J connectivity index is 0.00000312. The fraction of sp³-hybridized carbons (Fsp3) is 0.579.